The van der Waals surface area contributed by atoms with Gasteiger partial charge in [0.1, 0.15) is 5.75 Å². The molecule has 1 fully saturated rings. The maximum Gasteiger partial charge on any atom is 0.220 e. The van der Waals surface area contributed by atoms with E-state index in [0.717, 1.165) is 29.7 Å². The number of hydrogen-bond acceptors (Lipinski definition) is 3. The molecule has 1 aliphatic heterocycles. The average Bonchev–Trinajstić information content (AvgIpc) is 2.66. The van der Waals surface area contributed by atoms with Gasteiger partial charge in [-0.3, -0.25) is 4.79 Å². The van der Waals surface area contributed by atoms with Crippen LogP contribution in [0.1, 0.15) is 70.2 Å². The molecule has 2 unspecified atom stereocenters. The first-order chi connectivity index (χ1) is 14.2. The van der Waals surface area contributed by atoms with Crippen molar-refractivity contribution in [1.82, 2.24) is 4.90 Å². The topological polar surface area (TPSA) is 38.8 Å². The summed E-state index contributed by atoms with van der Waals surface area (Å²) in [7, 11) is 0. The summed E-state index contributed by atoms with van der Waals surface area (Å²) in [6.07, 6.45) is 1.80. The van der Waals surface area contributed by atoms with Gasteiger partial charge in [0.15, 0.2) is 0 Å². The largest absolute Gasteiger partial charge is 0.491 e. The summed E-state index contributed by atoms with van der Waals surface area (Å²) in [4.78, 5) is 15.0. The molecule has 0 saturated carbocycles. The predicted molar refractivity (Wildman–Crippen MR) is 121 cm³/mol. The van der Waals surface area contributed by atoms with E-state index in [1.807, 2.05) is 26.0 Å². The predicted octanol–water partition coefficient (Wildman–Crippen LogP) is 5.68. The van der Waals surface area contributed by atoms with Crippen LogP contribution in [0.2, 0.25) is 0 Å². The van der Waals surface area contributed by atoms with Crippen molar-refractivity contribution in [3.63, 3.8) is 0 Å². The van der Waals surface area contributed by atoms with Gasteiger partial charge in [-0.15, -0.1) is 0 Å². The summed E-state index contributed by atoms with van der Waals surface area (Å²) in [6.45, 7) is 12.7. The third kappa shape index (κ3) is 5.42. The number of carbonyl (C=O) groups excluding carboxylic acids is 1. The van der Waals surface area contributed by atoms with E-state index in [1.54, 1.807) is 6.92 Å². The molecule has 2 atom stereocenters. The first-order valence-corrected chi connectivity index (χ1v) is 10.9. The second kappa shape index (κ2) is 9.22. The van der Waals surface area contributed by atoms with E-state index < -0.39 is 0 Å². The molecule has 162 valence electrons. The van der Waals surface area contributed by atoms with E-state index in [4.69, 9.17) is 9.47 Å². The summed E-state index contributed by atoms with van der Waals surface area (Å²) < 4.78 is 11.8. The number of rotatable bonds is 6. The van der Waals surface area contributed by atoms with Crippen LogP contribution in [0.3, 0.4) is 0 Å². The van der Waals surface area contributed by atoms with Crippen molar-refractivity contribution in [2.24, 2.45) is 0 Å². The van der Waals surface area contributed by atoms with Crippen LogP contribution in [0.4, 0.5) is 0 Å². The Morgan fingerprint density at radius 3 is 2.13 bits per heavy atom. The molecule has 4 heteroatoms. The maximum atomic E-state index is 13.0. The van der Waals surface area contributed by atoms with Crippen molar-refractivity contribution >= 4 is 5.91 Å². The van der Waals surface area contributed by atoms with E-state index in [2.05, 4.69) is 62.1 Å². The molecule has 2 aromatic carbocycles. The van der Waals surface area contributed by atoms with Crippen molar-refractivity contribution in [1.29, 1.82) is 0 Å². The Hall–Kier alpha value is -2.33. The molecule has 1 saturated heterocycles. The number of ether oxygens (including phenoxy) is 2. The summed E-state index contributed by atoms with van der Waals surface area (Å²) in [5.41, 5.74) is 3.19. The van der Waals surface area contributed by atoms with Crippen LogP contribution in [0.15, 0.2) is 48.5 Å². The van der Waals surface area contributed by atoms with E-state index >= 15 is 0 Å². The van der Waals surface area contributed by atoms with Crippen LogP contribution in [-0.2, 0) is 9.53 Å². The maximum absolute atomic E-state index is 13.0. The lowest BCUT2D eigenvalue weighted by molar-refractivity contribution is -0.140. The Morgan fingerprint density at radius 1 is 1.07 bits per heavy atom. The van der Waals surface area contributed by atoms with E-state index in [1.165, 1.54) is 5.56 Å². The van der Waals surface area contributed by atoms with Gasteiger partial charge in [0.25, 0.3) is 0 Å². The molecule has 4 nitrogen and oxygen atoms in total. The fourth-order valence-electron chi connectivity index (χ4n) is 4.35. The molecule has 2 aromatic rings. The third-order valence-electron chi connectivity index (χ3n) is 5.67. The Labute approximate surface area is 181 Å². The van der Waals surface area contributed by atoms with E-state index in [0.29, 0.717) is 6.61 Å². The standard InChI is InChI=1S/C26H35NO3/c1-18(2)30-24-13-11-22(12-14-24)25(21-9-7-19(3)8-10-21)27(20(4)28)23-15-16-29-26(5,6)17-23/h7-14,18,23,25H,15-17H2,1-6H3. The van der Waals surface area contributed by atoms with Crippen molar-refractivity contribution in [2.75, 3.05) is 6.61 Å². The lowest BCUT2D eigenvalue weighted by Gasteiger charge is -2.44. The Morgan fingerprint density at radius 2 is 1.63 bits per heavy atom. The monoisotopic (exact) mass is 409 g/mol. The minimum Gasteiger partial charge on any atom is -0.491 e. The van der Waals surface area contributed by atoms with Crippen LogP contribution in [0, 0.1) is 6.92 Å². The number of carbonyl (C=O) groups is 1. The van der Waals surface area contributed by atoms with Gasteiger partial charge >= 0.3 is 0 Å². The molecule has 0 N–H and O–H groups in total. The zero-order valence-electron chi connectivity index (χ0n) is 19.1. The molecular weight excluding hydrogens is 374 g/mol. The highest BCUT2D eigenvalue weighted by molar-refractivity contribution is 5.75. The Balaban J connectivity index is 2.03. The minimum atomic E-state index is -0.233. The molecule has 30 heavy (non-hydrogen) atoms. The van der Waals surface area contributed by atoms with Gasteiger partial charge in [-0.25, -0.2) is 0 Å². The van der Waals surface area contributed by atoms with Gasteiger partial charge in [0.05, 0.1) is 17.7 Å². The molecule has 1 amide bonds. The molecular formula is C26H35NO3. The number of hydrogen-bond donors (Lipinski definition) is 0. The van der Waals surface area contributed by atoms with Gasteiger partial charge in [-0.2, -0.15) is 0 Å². The quantitative estimate of drug-likeness (QED) is 0.616. The van der Waals surface area contributed by atoms with E-state index in [-0.39, 0.29) is 29.7 Å². The second-order valence-electron chi connectivity index (χ2n) is 9.23. The highest BCUT2D eigenvalue weighted by Crippen LogP contribution is 2.37. The van der Waals surface area contributed by atoms with Crippen molar-refractivity contribution < 1.29 is 14.3 Å². The molecule has 0 bridgehead atoms. The van der Waals surface area contributed by atoms with Gasteiger partial charge in [0.2, 0.25) is 5.91 Å². The van der Waals surface area contributed by atoms with Crippen molar-refractivity contribution in [3.05, 3.63) is 65.2 Å². The molecule has 1 aliphatic rings. The molecule has 0 aliphatic carbocycles. The van der Waals surface area contributed by atoms with Gasteiger partial charge in [0, 0.05) is 19.6 Å². The van der Waals surface area contributed by atoms with Gasteiger partial charge in [-0.1, -0.05) is 42.0 Å². The van der Waals surface area contributed by atoms with Crippen LogP contribution >= 0.6 is 0 Å². The average molecular weight is 410 g/mol. The van der Waals surface area contributed by atoms with Gasteiger partial charge in [-0.05, 0) is 70.7 Å². The Bertz CT molecular complexity index is 840. The smallest absolute Gasteiger partial charge is 0.220 e. The number of benzene rings is 2. The van der Waals surface area contributed by atoms with Gasteiger partial charge < -0.3 is 14.4 Å². The molecule has 1 heterocycles. The third-order valence-corrected chi connectivity index (χ3v) is 5.67. The molecule has 3 rings (SSSR count). The zero-order valence-corrected chi connectivity index (χ0v) is 19.1. The molecule has 0 aromatic heterocycles. The van der Waals surface area contributed by atoms with E-state index in [9.17, 15) is 4.79 Å². The first kappa shape index (κ1) is 22.4. The summed E-state index contributed by atoms with van der Waals surface area (Å²) in [5.74, 6) is 0.934. The van der Waals surface area contributed by atoms with Crippen molar-refractivity contribution in [3.8, 4) is 5.75 Å². The lowest BCUT2D eigenvalue weighted by atomic mass is 9.88. The summed E-state index contributed by atoms with van der Waals surface area (Å²) in [6, 6.07) is 16.7. The number of aryl methyl sites for hydroxylation is 1. The second-order valence-corrected chi connectivity index (χ2v) is 9.23. The Kier molecular flexibility index (Phi) is 6.87. The van der Waals surface area contributed by atoms with Crippen LogP contribution in [0.25, 0.3) is 0 Å². The van der Waals surface area contributed by atoms with Crippen LogP contribution in [0.5, 0.6) is 5.75 Å². The zero-order chi connectivity index (χ0) is 21.9. The molecule has 0 radical (unpaired) electrons. The fourth-order valence-corrected chi connectivity index (χ4v) is 4.35. The van der Waals surface area contributed by atoms with Crippen LogP contribution < -0.4 is 4.74 Å². The highest BCUT2D eigenvalue weighted by Gasteiger charge is 2.37. The fraction of sp³-hybridized carbons (Fsp3) is 0.500. The first-order valence-electron chi connectivity index (χ1n) is 10.9. The SMILES string of the molecule is CC(=O)N(C1CCOC(C)(C)C1)C(c1ccc(C)cc1)c1ccc(OC(C)C)cc1. The lowest BCUT2D eigenvalue weighted by Crippen LogP contribution is -2.49. The molecule has 0 spiro atoms. The summed E-state index contributed by atoms with van der Waals surface area (Å²) >= 11 is 0. The highest BCUT2D eigenvalue weighted by atomic mass is 16.5. The van der Waals surface area contributed by atoms with Crippen LogP contribution in [-0.4, -0.2) is 35.2 Å². The minimum absolute atomic E-state index is 0.0887. The number of nitrogens with zero attached hydrogens (tertiary/aromatic N) is 1. The van der Waals surface area contributed by atoms with Crippen molar-refractivity contribution in [2.45, 2.75) is 78.2 Å². The normalized spacial score (nSPS) is 19.4. The number of amides is 1. The summed E-state index contributed by atoms with van der Waals surface area (Å²) in [5, 5.41) is 0.